The fourth-order valence-electron chi connectivity index (χ4n) is 5.19. The van der Waals surface area contributed by atoms with E-state index in [0.29, 0.717) is 6.42 Å². The molecular formula is C34H62N14O11. The highest BCUT2D eigenvalue weighted by molar-refractivity contribution is 5.98. The lowest BCUT2D eigenvalue weighted by atomic mass is 10.0. The topological polar surface area (TPSA) is 447 Å². The van der Waals surface area contributed by atoms with Crippen LogP contribution in [-0.2, 0) is 43.2 Å². The number of rotatable bonds is 28. The quantitative estimate of drug-likeness (QED) is 0.0198. The van der Waals surface area contributed by atoms with Gasteiger partial charge in [0.25, 0.3) is 0 Å². The van der Waals surface area contributed by atoms with Gasteiger partial charge in [0.1, 0.15) is 36.3 Å². The molecule has 0 aliphatic carbocycles. The van der Waals surface area contributed by atoms with E-state index in [2.05, 4.69) is 41.9 Å². The molecule has 25 heteroatoms. The number of carboxylic acids is 2. The molecule has 0 bridgehead atoms. The SMILES string of the molecule is CC(C)C[C@H](NC(=O)[C@H](C)NC(=O)[C@H](CC(=O)O)NC(=O)[C@H](CCCN=C(N)N)NC(=O)[C@@H](N)CCCN=C(N)N)C(=O)N[C@@H](CC(N)=O)C(=O)N[C@H](C(=O)O)C(C)C. The monoisotopic (exact) mass is 842 g/mol. The Morgan fingerprint density at radius 3 is 1.44 bits per heavy atom. The Morgan fingerprint density at radius 2 is 0.983 bits per heavy atom. The summed E-state index contributed by atoms with van der Waals surface area (Å²) in [5.74, 6) is -10.8. The van der Waals surface area contributed by atoms with E-state index in [0.717, 1.165) is 0 Å². The molecule has 0 aliphatic heterocycles. The summed E-state index contributed by atoms with van der Waals surface area (Å²) >= 11 is 0. The zero-order valence-electron chi connectivity index (χ0n) is 34.0. The Kier molecular flexibility index (Phi) is 23.8. The van der Waals surface area contributed by atoms with Crippen LogP contribution in [-0.4, -0.2) is 131 Å². The Labute approximate surface area is 341 Å². The smallest absolute Gasteiger partial charge is 0.326 e. The molecule has 0 aromatic carbocycles. The normalized spacial score (nSPS) is 14.4. The summed E-state index contributed by atoms with van der Waals surface area (Å²) in [5.41, 5.74) is 32.5. The van der Waals surface area contributed by atoms with Crippen LogP contribution in [0, 0.1) is 11.8 Å². The van der Waals surface area contributed by atoms with Crippen molar-refractivity contribution in [3.05, 3.63) is 0 Å². The maximum absolute atomic E-state index is 13.5. The molecule has 0 radical (unpaired) electrons. The van der Waals surface area contributed by atoms with Gasteiger partial charge in [-0.05, 0) is 50.9 Å². The van der Waals surface area contributed by atoms with Crippen LogP contribution in [0.15, 0.2) is 9.98 Å². The first-order chi connectivity index (χ1) is 27.3. The van der Waals surface area contributed by atoms with Crippen LogP contribution < -0.4 is 66.3 Å². The average molecular weight is 843 g/mol. The van der Waals surface area contributed by atoms with E-state index >= 15 is 0 Å². The number of guanidine groups is 2. The third-order valence-corrected chi connectivity index (χ3v) is 8.26. The van der Waals surface area contributed by atoms with Gasteiger partial charge in [0.2, 0.25) is 41.4 Å². The highest BCUT2D eigenvalue weighted by Gasteiger charge is 2.34. The van der Waals surface area contributed by atoms with Gasteiger partial charge in [0.15, 0.2) is 11.9 Å². The van der Waals surface area contributed by atoms with Gasteiger partial charge in [-0.2, -0.15) is 0 Å². The number of nitrogens with zero attached hydrogens (tertiary/aromatic N) is 2. The van der Waals surface area contributed by atoms with Crippen molar-refractivity contribution in [1.29, 1.82) is 0 Å². The number of hydrogen-bond donors (Lipinski definition) is 14. The summed E-state index contributed by atoms with van der Waals surface area (Å²) in [6.45, 7) is 7.93. The number of carbonyl (C=O) groups excluding carboxylic acids is 7. The van der Waals surface area contributed by atoms with E-state index < -0.39 is 114 Å². The Hall–Kier alpha value is -6.27. The second kappa shape index (κ2) is 26.6. The predicted molar refractivity (Wildman–Crippen MR) is 213 cm³/mol. The van der Waals surface area contributed by atoms with E-state index in [4.69, 9.17) is 34.4 Å². The molecular weight excluding hydrogens is 780 g/mol. The number of primary amides is 1. The van der Waals surface area contributed by atoms with Crippen LogP contribution in [0.3, 0.4) is 0 Å². The van der Waals surface area contributed by atoms with Crippen LogP contribution in [0.25, 0.3) is 0 Å². The zero-order chi connectivity index (χ0) is 45.6. The van der Waals surface area contributed by atoms with E-state index in [-0.39, 0.29) is 56.6 Å². The summed E-state index contributed by atoms with van der Waals surface area (Å²) in [5, 5.41) is 33.1. The van der Waals surface area contributed by atoms with Gasteiger partial charge in [0.05, 0.1) is 18.9 Å². The number of hydrogen-bond acceptors (Lipinski definition) is 12. The molecule has 25 nitrogen and oxygen atoms in total. The second-order valence-electron chi connectivity index (χ2n) is 14.4. The Morgan fingerprint density at radius 1 is 0.542 bits per heavy atom. The lowest BCUT2D eigenvalue weighted by Crippen LogP contribution is -2.60. The molecule has 0 fully saturated rings. The van der Waals surface area contributed by atoms with Crippen molar-refractivity contribution in [2.45, 2.75) is 122 Å². The molecule has 0 spiro atoms. The van der Waals surface area contributed by atoms with Gasteiger partial charge < -0.3 is 76.5 Å². The zero-order valence-corrected chi connectivity index (χ0v) is 34.0. The highest BCUT2D eigenvalue weighted by atomic mass is 16.4. The number of nitrogens with two attached hydrogens (primary N) is 6. The molecule has 0 aromatic heterocycles. The van der Waals surface area contributed by atoms with Crippen molar-refractivity contribution >= 4 is 65.2 Å². The summed E-state index contributed by atoms with van der Waals surface area (Å²) < 4.78 is 0. The molecule has 0 aliphatic rings. The fourth-order valence-corrected chi connectivity index (χ4v) is 5.19. The van der Waals surface area contributed by atoms with Gasteiger partial charge >= 0.3 is 11.9 Å². The number of aliphatic imine (C=N–C) groups is 2. The Balaban J connectivity index is 6.08. The lowest BCUT2D eigenvalue weighted by Gasteiger charge is -2.27. The third kappa shape index (κ3) is 22.3. The maximum atomic E-state index is 13.5. The number of amides is 7. The minimum absolute atomic E-state index is 0.0131. The van der Waals surface area contributed by atoms with Crippen LogP contribution in [0.2, 0.25) is 0 Å². The predicted octanol–water partition coefficient (Wildman–Crippen LogP) is -5.51. The molecule has 0 saturated carbocycles. The van der Waals surface area contributed by atoms with Crippen LogP contribution >= 0.6 is 0 Å². The Bertz CT molecular complexity index is 1550. The van der Waals surface area contributed by atoms with Gasteiger partial charge in [-0.15, -0.1) is 0 Å². The van der Waals surface area contributed by atoms with Crippen LogP contribution in [0.5, 0.6) is 0 Å². The van der Waals surface area contributed by atoms with E-state index in [1.807, 2.05) is 0 Å². The molecule has 20 N–H and O–H groups in total. The van der Waals surface area contributed by atoms with Crippen LogP contribution in [0.4, 0.5) is 0 Å². The van der Waals surface area contributed by atoms with Gasteiger partial charge in [-0.25, -0.2) is 4.79 Å². The van der Waals surface area contributed by atoms with Gasteiger partial charge in [-0.1, -0.05) is 27.7 Å². The van der Waals surface area contributed by atoms with Gasteiger partial charge in [0, 0.05) is 13.1 Å². The number of carboxylic acid groups (broad SMARTS) is 2. The molecule has 0 rings (SSSR count). The van der Waals surface area contributed by atoms with Crippen molar-refractivity contribution in [3.8, 4) is 0 Å². The van der Waals surface area contributed by atoms with Crippen LogP contribution in [0.1, 0.15) is 79.6 Å². The number of carbonyl (C=O) groups is 9. The van der Waals surface area contributed by atoms with Crippen molar-refractivity contribution in [1.82, 2.24) is 31.9 Å². The molecule has 7 atom stereocenters. The summed E-state index contributed by atoms with van der Waals surface area (Å²) in [4.78, 5) is 122. The van der Waals surface area contributed by atoms with Crippen molar-refractivity contribution < 1.29 is 53.4 Å². The maximum Gasteiger partial charge on any atom is 0.326 e. The van der Waals surface area contributed by atoms with E-state index in [1.54, 1.807) is 13.8 Å². The van der Waals surface area contributed by atoms with E-state index in [1.165, 1.54) is 20.8 Å². The molecule has 59 heavy (non-hydrogen) atoms. The average Bonchev–Trinajstić information content (AvgIpc) is 3.11. The first kappa shape index (κ1) is 52.7. The largest absolute Gasteiger partial charge is 0.481 e. The standard InChI is InChI=1S/C34H62N14O11/c1-15(2)12-20(30(56)46-21(13-23(36)49)31(57)48-25(16(3)4)32(58)59)45-26(52)17(5)43-29(55)22(14-24(50)51)47-28(54)19(9-7-11-42-34(39)40)44-27(53)18(35)8-6-10-41-33(37)38/h15-22,25H,6-14,35H2,1-5H3,(H2,36,49)(H,43,55)(H,44,53)(H,45,52)(H,46,56)(H,47,54)(H,48,57)(H,50,51)(H,58,59)(H4,37,38,41)(H4,39,40,42)/t17-,18-,19-,20-,21-,22-,25-/m0/s1. The highest BCUT2D eigenvalue weighted by Crippen LogP contribution is 2.09. The molecule has 0 saturated heterocycles. The first-order valence-electron chi connectivity index (χ1n) is 18.8. The number of nitrogens with one attached hydrogen (secondary N) is 6. The first-order valence-corrected chi connectivity index (χ1v) is 18.8. The molecule has 0 aromatic rings. The van der Waals surface area contributed by atoms with Gasteiger partial charge in [-0.3, -0.25) is 48.3 Å². The third-order valence-electron chi connectivity index (χ3n) is 8.26. The molecule has 0 unspecified atom stereocenters. The molecule has 0 heterocycles. The summed E-state index contributed by atoms with van der Waals surface area (Å²) in [6, 6.07) is -10.0. The second-order valence-corrected chi connectivity index (χ2v) is 14.4. The van der Waals surface area contributed by atoms with E-state index in [9.17, 15) is 53.4 Å². The summed E-state index contributed by atoms with van der Waals surface area (Å²) in [6.07, 6.45) is -1.14. The fraction of sp³-hybridized carbons (Fsp3) is 0.676. The minimum atomic E-state index is -1.77. The molecule has 7 amide bonds. The van der Waals surface area contributed by atoms with Crippen molar-refractivity contribution in [2.24, 2.45) is 56.2 Å². The lowest BCUT2D eigenvalue weighted by molar-refractivity contribution is -0.144. The summed E-state index contributed by atoms with van der Waals surface area (Å²) in [7, 11) is 0. The molecule has 334 valence electrons. The van der Waals surface area contributed by atoms with Crippen molar-refractivity contribution in [2.75, 3.05) is 13.1 Å². The van der Waals surface area contributed by atoms with Crippen molar-refractivity contribution in [3.63, 3.8) is 0 Å². The minimum Gasteiger partial charge on any atom is -0.481 e. The number of aliphatic carboxylic acids is 2.